The van der Waals surface area contributed by atoms with Crippen molar-refractivity contribution in [3.05, 3.63) is 58.6 Å². The van der Waals surface area contributed by atoms with E-state index in [1.807, 2.05) is 27.7 Å². The second-order valence-electron chi connectivity index (χ2n) is 8.80. The average molecular weight is 538 g/mol. The monoisotopic (exact) mass is 537 g/mol. The molecule has 0 aliphatic rings. The van der Waals surface area contributed by atoms with Crippen molar-refractivity contribution in [1.82, 2.24) is 10.2 Å². The maximum absolute atomic E-state index is 13.8. The maximum atomic E-state index is 13.8. The highest BCUT2D eigenvalue weighted by Gasteiger charge is 2.33. The standard InChI is InChI=1S/C26H36ClN3O5S/c1-7-19(4)28-26(32)22(8-2)29(16-20-11-9-10-12-21(20)27)25(31)17-30(36(6,33)34)23-15-18(3)13-14-24(23)35-5/h9-15,19,22H,7-8,16-17H2,1-6H3,(H,28,32)/t19-,22+/m1/s1. The van der Waals surface area contributed by atoms with Gasteiger partial charge in [-0.2, -0.15) is 0 Å². The van der Waals surface area contributed by atoms with Crippen molar-refractivity contribution in [2.45, 2.75) is 59.2 Å². The molecule has 36 heavy (non-hydrogen) atoms. The van der Waals surface area contributed by atoms with Crippen molar-refractivity contribution in [3.63, 3.8) is 0 Å². The van der Waals surface area contributed by atoms with Gasteiger partial charge in [0, 0.05) is 17.6 Å². The largest absolute Gasteiger partial charge is 0.495 e. The molecule has 2 aromatic carbocycles. The topological polar surface area (TPSA) is 96.0 Å². The summed E-state index contributed by atoms with van der Waals surface area (Å²) in [5.74, 6) is -0.514. The highest BCUT2D eigenvalue weighted by atomic mass is 35.5. The Balaban J connectivity index is 2.53. The number of nitrogens with one attached hydrogen (secondary N) is 1. The van der Waals surface area contributed by atoms with Gasteiger partial charge in [0.25, 0.3) is 0 Å². The molecule has 0 unspecified atom stereocenters. The summed E-state index contributed by atoms with van der Waals surface area (Å²) >= 11 is 6.38. The van der Waals surface area contributed by atoms with Crippen LogP contribution in [0.25, 0.3) is 0 Å². The van der Waals surface area contributed by atoms with Gasteiger partial charge < -0.3 is 15.0 Å². The van der Waals surface area contributed by atoms with Crippen LogP contribution >= 0.6 is 11.6 Å². The van der Waals surface area contributed by atoms with Gasteiger partial charge in [0.15, 0.2) is 0 Å². The number of carbonyl (C=O) groups is 2. The zero-order chi connectivity index (χ0) is 27.0. The molecule has 0 aliphatic heterocycles. The molecule has 0 aliphatic carbocycles. The Kier molecular flexibility index (Phi) is 10.6. The summed E-state index contributed by atoms with van der Waals surface area (Å²) in [6.45, 7) is 7.02. The predicted molar refractivity (Wildman–Crippen MR) is 144 cm³/mol. The fourth-order valence-corrected chi connectivity index (χ4v) is 4.80. The second kappa shape index (κ2) is 13.0. The number of aryl methyl sites for hydroxylation is 1. The molecule has 0 spiro atoms. The van der Waals surface area contributed by atoms with Crippen LogP contribution < -0.4 is 14.4 Å². The fourth-order valence-electron chi connectivity index (χ4n) is 3.76. The first-order valence-electron chi connectivity index (χ1n) is 11.9. The van der Waals surface area contributed by atoms with Gasteiger partial charge in [-0.25, -0.2) is 8.42 Å². The molecule has 0 bridgehead atoms. The molecule has 8 nitrogen and oxygen atoms in total. The van der Waals surface area contributed by atoms with E-state index >= 15 is 0 Å². The lowest BCUT2D eigenvalue weighted by Gasteiger charge is -2.33. The third kappa shape index (κ3) is 7.61. The fraction of sp³-hybridized carbons (Fsp3) is 0.462. The first kappa shape index (κ1) is 29.5. The number of hydrogen-bond donors (Lipinski definition) is 1. The number of hydrogen-bond acceptors (Lipinski definition) is 5. The van der Waals surface area contributed by atoms with Crippen molar-refractivity contribution >= 4 is 39.1 Å². The summed E-state index contributed by atoms with van der Waals surface area (Å²) in [7, 11) is -2.44. The highest BCUT2D eigenvalue weighted by molar-refractivity contribution is 7.92. The minimum Gasteiger partial charge on any atom is -0.495 e. The average Bonchev–Trinajstić information content (AvgIpc) is 2.82. The Morgan fingerprint density at radius 3 is 2.33 bits per heavy atom. The van der Waals surface area contributed by atoms with Crippen LogP contribution in [0.3, 0.4) is 0 Å². The molecule has 2 rings (SSSR count). The molecular formula is C26H36ClN3O5S. The van der Waals surface area contributed by atoms with Crippen molar-refractivity contribution in [2.24, 2.45) is 0 Å². The third-order valence-corrected chi connectivity index (χ3v) is 7.46. The Morgan fingerprint density at radius 2 is 1.78 bits per heavy atom. The number of carbonyl (C=O) groups excluding carboxylic acids is 2. The second-order valence-corrected chi connectivity index (χ2v) is 11.1. The molecule has 0 heterocycles. The lowest BCUT2D eigenvalue weighted by molar-refractivity contribution is -0.140. The molecule has 198 valence electrons. The van der Waals surface area contributed by atoms with Crippen LogP contribution in [0.1, 0.15) is 44.7 Å². The lowest BCUT2D eigenvalue weighted by Crippen LogP contribution is -2.53. The maximum Gasteiger partial charge on any atom is 0.244 e. The number of rotatable bonds is 12. The first-order valence-corrected chi connectivity index (χ1v) is 14.1. The van der Waals surface area contributed by atoms with Gasteiger partial charge in [-0.05, 0) is 56.0 Å². The minimum atomic E-state index is -3.87. The number of ether oxygens (including phenoxy) is 1. The van der Waals surface area contributed by atoms with E-state index in [2.05, 4.69) is 5.32 Å². The summed E-state index contributed by atoms with van der Waals surface area (Å²) in [5, 5.41) is 3.39. The summed E-state index contributed by atoms with van der Waals surface area (Å²) < 4.78 is 32.1. The van der Waals surface area contributed by atoms with E-state index in [-0.39, 0.29) is 24.2 Å². The predicted octanol–water partition coefficient (Wildman–Crippen LogP) is 4.15. The highest BCUT2D eigenvalue weighted by Crippen LogP contribution is 2.31. The van der Waals surface area contributed by atoms with E-state index in [0.29, 0.717) is 22.8 Å². The van der Waals surface area contributed by atoms with Crippen molar-refractivity contribution in [3.8, 4) is 5.75 Å². The quantitative estimate of drug-likeness (QED) is 0.439. The van der Waals surface area contributed by atoms with Crippen LogP contribution in [0, 0.1) is 6.92 Å². The first-order chi connectivity index (χ1) is 16.9. The van der Waals surface area contributed by atoms with E-state index in [9.17, 15) is 18.0 Å². The van der Waals surface area contributed by atoms with Gasteiger partial charge in [0.2, 0.25) is 21.8 Å². The van der Waals surface area contributed by atoms with Crippen LogP contribution in [-0.4, -0.2) is 57.1 Å². The third-order valence-electron chi connectivity index (χ3n) is 5.97. The van der Waals surface area contributed by atoms with Crippen molar-refractivity contribution < 1.29 is 22.7 Å². The number of amides is 2. The molecule has 1 N–H and O–H groups in total. The van der Waals surface area contributed by atoms with Crippen LogP contribution in [-0.2, 0) is 26.2 Å². The van der Waals surface area contributed by atoms with Crippen molar-refractivity contribution in [1.29, 1.82) is 0 Å². The Morgan fingerprint density at radius 1 is 1.11 bits per heavy atom. The molecule has 2 atom stereocenters. The van der Waals surface area contributed by atoms with Crippen LogP contribution in [0.15, 0.2) is 42.5 Å². The van der Waals surface area contributed by atoms with Crippen molar-refractivity contribution in [2.75, 3.05) is 24.2 Å². The minimum absolute atomic E-state index is 0.0491. The van der Waals surface area contributed by atoms with Gasteiger partial charge in [-0.1, -0.05) is 49.7 Å². The van der Waals surface area contributed by atoms with E-state index in [4.69, 9.17) is 16.3 Å². The summed E-state index contributed by atoms with van der Waals surface area (Å²) in [6, 6.07) is 11.3. The van der Waals surface area contributed by atoms with Gasteiger partial charge in [0.1, 0.15) is 18.3 Å². The molecule has 0 aromatic heterocycles. The van der Waals surface area contributed by atoms with E-state index in [1.165, 1.54) is 12.0 Å². The Labute approximate surface area is 219 Å². The lowest BCUT2D eigenvalue weighted by atomic mass is 10.1. The van der Waals surface area contributed by atoms with E-state index < -0.39 is 28.5 Å². The van der Waals surface area contributed by atoms with Gasteiger partial charge in [-0.15, -0.1) is 0 Å². The normalized spacial score (nSPS) is 13.0. The number of sulfonamides is 1. The van der Waals surface area contributed by atoms with Crippen LogP contribution in [0.2, 0.25) is 5.02 Å². The van der Waals surface area contributed by atoms with Crippen LogP contribution in [0.5, 0.6) is 5.75 Å². The summed E-state index contributed by atoms with van der Waals surface area (Å²) in [6.07, 6.45) is 2.11. The Bertz CT molecular complexity index is 1170. The Hall–Kier alpha value is -2.78. The molecule has 10 heteroatoms. The van der Waals surface area contributed by atoms with E-state index in [1.54, 1.807) is 42.5 Å². The number of benzene rings is 2. The summed E-state index contributed by atoms with van der Waals surface area (Å²) in [5.41, 5.74) is 1.71. The number of anilines is 1. The zero-order valence-electron chi connectivity index (χ0n) is 21.7. The zero-order valence-corrected chi connectivity index (χ0v) is 23.3. The van der Waals surface area contributed by atoms with Gasteiger partial charge >= 0.3 is 0 Å². The molecule has 0 fully saturated rings. The molecule has 2 amide bonds. The molecule has 2 aromatic rings. The molecule has 0 saturated carbocycles. The molecule has 0 radical (unpaired) electrons. The molecular weight excluding hydrogens is 502 g/mol. The molecule has 0 saturated heterocycles. The SMILES string of the molecule is CC[C@@H](C)NC(=O)[C@H](CC)N(Cc1ccccc1Cl)C(=O)CN(c1cc(C)ccc1OC)S(C)(=O)=O. The van der Waals surface area contributed by atoms with Crippen LogP contribution in [0.4, 0.5) is 5.69 Å². The van der Waals surface area contributed by atoms with E-state index in [0.717, 1.165) is 22.5 Å². The number of nitrogens with zero attached hydrogens (tertiary/aromatic N) is 2. The number of methoxy groups -OCH3 is 1. The van der Waals surface area contributed by atoms with Gasteiger partial charge in [0.05, 0.1) is 19.1 Å². The number of halogens is 1. The summed E-state index contributed by atoms with van der Waals surface area (Å²) in [4.78, 5) is 28.4. The van der Waals surface area contributed by atoms with Gasteiger partial charge in [-0.3, -0.25) is 13.9 Å². The smallest absolute Gasteiger partial charge is 0.244 e.